The van der Waals surface area contributed by atoms with Crippen molar-refractivity contribution in [2.24, 2.45) is 0 Å². The number of amides is 1. The molecule has 6 nitrogen and oxygen atoms in total. The molecule has 2 aromatic carbocycles. The van der Waals surface area contributed by atoms with E-state index in [0.29, 0.717) is 6.54 Å². The van der Waals surface area contributed by atoms with Crippen LogP contribution in [0.5, 0.6) is 5.75 Å². The van der Waals surface area contributed by atoms with Crippen molar-refractivity contribution in [2.45, 2.75) is 18.7 Å². The van der Waals surface area contributed by atoms with Gasteiger partial charge in [0.05, 0.1) is 17.8 Å². The molecular weight excluding hydrogens is 340 g/mol. The number of nitrogens with one attached hydrogen (secondary N) is 1. The second-order valence-electron chi connectivity index (χ2n) is 5.39. The number of non-ortho nitro benzene ring substituents is 1. The van der Waals surface area contributed by atoms with Gasteiger partial charge in [0.2, 0.25) is 5.91 Å². The molecule has 0 radical (unpaired) electrons. The Morgan fingerprint density at radius 2 is 2.04 bits per heavy atom. The minimum absolute atomic E-state index is 0.0167. The number of hydrogen-bond donors (Lipinski definition) is 1. The van der Waals surface area contributed by atoms with Crippen LogP contribution in [0.4, 0.5) is 5.69 Å². The van der Waals surface area contributed by atoms with Crippen molar-refractivity contribution in [3.05, 3.63) is 69.8 Å². The first-order valence-corrected chi connectivity index (χ1v) is 8.80. The van der Waals surface area contributed by atoms with Gasteiger partial charge in [-0.15, -0.1) is 11.8 Å². The molecule has 2 aromatic rings. The average molecular weight is 360 g/mol. The molecule has 0 unspecified atom stereocenters. The predicted molar refractivity (Wildman–Crippen MR) is 98.8 cm³/mol. The highest BCUT2D eigenvalue weighted by Gasteiger charge is 2.13. The minimum Gasteiger partial charge on any atom is -0.496 e. The number of nitrogens with zero attached hydrogens (tertiary/aromatic N) is 1. The molecule has 0 bridgehead atoms. The van der Waals surface area contributed by atoms with Crippen molar-refractivity contribution in [2.75, 3.05) is 12.9 Å². The van der Waals surface area contributed by atoms with E-state index in [0.717, 1.165) is 16.9 Å². The van der Waals surface area contributed by atoms with Gasteiger partial charge in [-0.05, 0) is 18.6 Å². The van der Waals surface area contributed by atoms with Gasteiger partial charge in [-0.1, -0.05) is 30.3 Å². The Kier molecular flexibility index (Phi) is 6.82. The van der Waals surface area contributed by atoms with E-state index in [1.807, 2.05) is 37.3 Å². The van der Waals surface area contributed by atoms with Crippen LogP contribution < -0.4 is 10.1 Å². The third-order valence-corrected chi connectivity index (χ3v) is 4.88. The van der Waals surface area contributed by atoms with E-state index in [-0.39, 0.29) is 22.6 Å². The molecule has 1 atom stereocenters. The summed E-state index contributed by atoms with van der Waals surface area (Å²) in [4.78, 5) is 22.5. The molecule has 0 aliphatic heterocycles. The van der Waals surface area contributed by atoms with Gasteiger partial charge in [-0.3, -0.25) is 14.9 Å². The van der Waals surface area contributed by atoms with Crippen LogP contribution in [-0.2, 0) is 11.3 Å². The summed E-state index contributed by atoms with van der Waals surface area (Å²) in [6.45, 7) is 2.33. The van der Waals surface area contributed by atoms with Crippen molar-refractivity contribution in [1.29, 1.82) is 0 Å². The topological polar surface area (TPSA) is 81.5 Å². The number of nitro benzene ring substituents is 1. The number of para-hydroxylation sites is 1. The maximum atomic E-state index is 12.0. The van der Waals surface area contributed by atoms with Crippen molar-refractivity contribution < 1.29 is 14.5 Å². The monoisotopic (exact) mass is 360 g/mol. The average Bonchev–Trinajstić information content (AvgIpc) is 2.64. The van der Waals surface area contributed by atoms with E-state index in [2.05, 4.69) is 5.32 Å². The van der Waals surface area contributed by atoms with E-state index >= 15 is 0 Å². The van der Waals surface area contributed by atoms with Crippen LogP contribution in [0.2, 0.25) is 0 Å². The highest BCUT2D eigenvalue weighted by Crippen LogP contribution is 2.30. The van der Waals surface area contributed by atoms with Crippen LogP contribution in [0.15, 0.2) is 48.5 Å². The summed E-state index contributed by atoms with van der Waals surface area (Å²) in [6.07, 6.45) is 0. The van der Waals surface area contributed by atoms with Crippen LogP contribution in [0, 0.1) is 10.1 Å². The van der Waals surface area contributed by atoms with Gasteiger partial charge in [0, 0.05) is 29.5 Å². The summed E-state index contributed by atoms with van der Waals surface area (Å²) in [7, 11) is 1.59. The van der Waals surface area contributed by atoms with Crippen LogP contribution >= 0.6 is 11.8 Å². The van der Waals surface area contributed by atoms with Crippen LogP contribution in [-0.4, -0.2) is 23.7 Å². The fraction of sp³-hybridized carbons (Fsp3) is 0.278. The Morgan fingerprint density at radius 3 is 2.76 bits per heavy atom. The first-order valence-electron chi connectivity index (χ1n) is 7.76. The zero-order valence-electron chi connectivity index (χ0n) is 14.1. The zero-order valence-corrected chi connectivity index (χ0v) is 14.9. The number of thioether (sulfide) groups is 1. The summed E-state index contributed by atoms with van der Waals surface area (Å²) in [5, 5.41) is 13.7. The Labute approximate surface area is 150 Å². The molecule has 7 heteroatoms. The van der Waals surface area contributed by atoms with Gasteiger partial charge >= 0.3 is 0 Å². The van der Waals surface area contributed by atoms with Crippen molar-refractivity contribution in [3.8, 4) is 5.75 Å². The van der Waals surface area contributed by atoms with Crippen molar-refractivity contribution in [1.82, 2.24) is 5.32 Å². The fourth-order valence-corrected chi connectivity index (χ4v) is 3.12. The number of carbonyl (C=O) groups excluding carboxylic acids is 1. The fourth-order valence-electron chi connectivity index (χ4n) is 2.28. The van der Waals surface area contributed by atoms with Gasteiger partial charge < -0.3 is 10.1 Å². The lowest BCUT2D eigenvalue weighted by Gasteiger charge is -2.12. The Morgan fingerprint density at radius 1 is 1.28 bits per heavy atom. The van der Waals surface area contributed by atoms with Crippen LogP contribution in [0.1, 0.15) is 23.3 Å². The molecule has 0 aliphatic rings. The smallest absolute Gasteiger partial charge is 0.269 e. The number of ether oxygens (including phenoxy) is 1. The summed E-state index contributed by atoms with van der Waals surface area (Å²) in [6, 6.07) is 14.0. The maximum Gasteiger partial charge on any atom is 0.269 e. The molecule has 2 rings (SSSR count). The van der Waals surface area contributed by atoms with E-state index < -0.39 is 4.92 Å². The summed E-state index contributed by atoms with van der Waals surface area (Å²) in [5.74, 6) is 0.924. The lowest BCUT2D eigenvalue weighted by Crippen LogP contribution is -2.25. The van der Waals surface area contributed by atoms with Crippen molar-refractivity contribution >= 4 is 23.4 Å². The molecule has 1 N–H and O–H groups in total. The molecule has 0 saturated carbocycles. The van der Waals surface area contributed by atoms with Crippen molar-refractivity contribution in [3.63, 3.8) is 0 Å². The van der Waals surface area contributed by atoms with E-state index in [4.69, 9.17) is 4.74 Å². The number of benzene rings is 2. The van der Waals surface area contributed by atoms with Crippen LogP contribution in [0.3, 0.4) is 0 Å². The Hall–Kier alpha value is -2.54. The number of hydrogen-bond acceptors (Lipinski definition) is 5. The molecule has 0 aromatic heterocycles. The standard InChI is InChI=1S/C18H20N2O4S/c1-13(14-7-5-8-16(10-14)20(22)23)25-12-18(21)19-11-15-6-3-4-9-17(15)24-2/h3-10,13H,11-12H2,1-2H3,(H,19,21)/t13-/m1/s1. The number of nitro groups is 1. The van der Waals surface area contributed by atoms with E-state index in [1.165, 1.54) is 17.8 Å². The summed E-state index contributed by atoms with van der Waals surface area (Å²) >= 11 is 1.44. The van der Waals surface area contributed by atoms with E-state index in [1.54, 1.807) is 19.2 Å². The minimum atomic E-state index is -0.416. The van der Waals surface area contributed by atoms with Gasteiger partial charge in [-0.25, -0.2) is 0 Å². The van der Waals surface area contributed by atoms with E-state index in [9.17, 15) is 14.9 Å². The number of methoxy groups -OCH3 is 1. The first-order chi connectivity index (χ1) is 12.0. The highest BCUT2D eigenvalue weighted by molar-refractivity contribution is 8.00. The number of rotatable bonds is 8. The quantitative estimate of drug-likeness (QED) is 0.573. The number of carbonyl (C=O) groups is 1. The second-order valence-corrected chi connectivity index (χ2v) is 6.72. The lowest BCUT2D eigenvalue weighted by molar-refractivity contribution is -0.384. The molecule has 0 fully saturated rings. The molecule has 0 saturated heterocycles. The molecule has 0 spiro atoms. The largest absolute Gasteiger partial charge is 0.496 e. The summed E-state index contributed by atoms with van der Waals surface area (Å²) < 4.78 is 5.25. The second kappa shape index (κ2) is 9.08. The molecule has 132 valence electrons. The molecule has 1 amide bonds. The third-order valence-electron chi connectivity index (χ3n) is 3.68. The van der Waals surface area contributed by atoms with Gasteiger partial charge in [-0.2, -0.15) is 0 Å². The van der Waals surface area contributed by atoms with Gasteiger partial charge in [0.25, 0.3) is 5.69 Å². The van der Waals surface area contributed by atoms with Crippen LogP contribution in [0.25, 0.3) is 0 Å². The molecular formula is C18H20N2O4S. The first kappa shape index (κ1) is 18.8. The normalized spacial score (nSPS) is 11.6. The highest BCUT2D eigenvalue weighted by atomic mass is 32.2. The molecule has 25 heavy (non-hydrogen) atoms. The molecule has 0 aliphatic carbocycles. The summed E-state index contributed by atoms with van der Waals surface area (Å²) in [5.41, 5.74) is 1.80. The molecule has 0 heterocycles. The maximum absolute atomic E-state index is 12.0. The SMILES string of the molecule is COc1ccccc1CNC(=O)CS[C@H](C)c1cccc([N+](=O)[O-])c1. The predicted octanol–water partition coefficient (Wildman–Crippen LogP) is 3.71. The lowest BCUT2D eigenvalue weighted by atomic mass is 10.1. The van der Waals surface area contributed by atoms with Gasteiger partial charge in [0.1, 0.15) is 5.75 Å². The third kappa shape index (κ3) is 5.49. The Bertz CT molecular complexity index is 751. The zero-order chi connectivity index (χ0) is 18.2. The Balaban J connectivity index is 1.85. The van der Waals surface area contributed by atoms with Gasteiger partial charge in [0.15, 0.2) is 0 Å².